The van der Waals surface area contributed by atoms with Crippen LogP contribution >= 0.6 is 0 Å². The number of benzene rings is 2. The van der Waals surface area contributed by atoms with E-state index in [0.29, 0.717) is 22.8 Å². The summed E-state index contributed by atoms with van der Waals surface area (Å²) in [5.41, 5.74) is 3.46. The number of carbonyl (C=O) groups is 1. The molecule has 4 aromatic rings. The van der Waals surface area contributed by atoms with Crippen molar-refractivity contribution in [1.82, 2.24) is 9.38 Å². The third-order valence-corrected chi connectivity index (χ3v) is 4.63. The summed E-state index contributed by atoms with van der Waals surface area (Å²) in [7, 11) is 2.85. The van der Waals surface area contributed by atoms with E-state index in [9.17, 15) is 9.90 Å². The van der Waals surface area contributed by atoms with Gasteiger partial charge in [-0.15, -0.1) is 0 Å². The predicted octanol–water partition coefficient (Wildman–Crippen LogP) is 4.25. The Morgan fingerprint density at radius 1 is 1.10 bits per heavy atom. The van der Waals surface area contributed by atoms with Crippen molar-refractivity contribution in [3.8, 4) is 22.8 Å². The second-order valence-corrected chi connectivity index (χ2v) is 6.47. The van der Waals surface area contributed by atoms with E-state index in [1.54, 1.807) is 48.7 Å². The number of fused-ring (bicyclic) bond motifs is 1. The molecule has 0 saturated carbocycles. The molecule has 0 aliphatic heterocycles. The molecule has 4 rings (SSSR count). The summed E-state index contributed by atoms with van der Waals surface area (Å²) in [5.74, 6) is 0.665. The van der Waals surface area contributed by atoms with Gasteiger partial charge in [-0.1, -0.05) is 18.2 Å². The van der Waals surface area contributed by atoms with Crippen LogP contribution in [0.5, 0.6) is 11.5 Å². The summed E-state index contributed by atoms with van der Waals surface area (Å²) < 4.78 is 11.8. The molecule has 0 radical (unpaired) electrons. The van der Waals surface area contributed by atoms with Gasteiger partial charge in [-0.2, -0.15) is 0 Å². The van der Waals surface area contributed by atoms with Gasteiger partial charge in [-0.3, -0.25) is 4.40 Å². The molecule has 0 aliphatic carbocycles. The first-order valence-corrected chi connectivity index (χ1v) is 9.17. The average molecular weight is 401 g/mol. The lowest BCUT2D eigenvalue weighted by Gasteiger charge is -2.06. The number of imidazole rings is 1. The molecule has 0 fully saturated rings. The predicted molar refractivity (Wildman–Crippen MR) is 114 cm³/mol. The maximum atomic E-state index is 11.6. The minimum absolute atomic E-state index is 0.0563. The zero-order chi connectivity index (χ0) is 21.1. The molecule has 2 aromatic carbocycles. The number of phenolic OH excluding ortho intramolecular Hbond substituents is 1. The Kier molecular flexibility index (Phi) is 5.17. The molecule has 7 nitrogen and oxygen atoms in total. The summed E-state index contributed by atoms with van der Waals surface area (Å²) in [6.07, 6.45) is 3.59. The molecule has 30 heavy (non-hydrogen) atoms. The fraction of sp³-hybridized carbons (Fsp3) is 0.0870. The number of carbonyl (C=O) groups excluding carboxylic acids is 1. The number of ether oxygens (including phenoxy) is 2. The molecular formula is C23H19N3O4. The van der Waals surface area contributed by atoms with E-state index >= 15 is 0 Å². The number of methoxy groups -OCH3 is 2. The van der Waals surface area contributed by atoms with E-state index in [1.165, 1.54) is 14.2 Å². The highest BCUT2D eigenvalue weighted by molar-refractivity contribution is 5.91. The topological polar surface area (TPSA) is 85.4 Å². The summed E-state index contributed by atoms with van der Waals surface area (Å²) in [6.45, 7) is 0. The van der Waals surface area contributed by atoms with Crippen molar-refractivity contribution in [2.45, 2.75) is 0 Å². The SMILES string of the molecule is COC(=O)c1ccc(/C=N/c2c(-c3ccc(O)c(OC)c3)nc3ccccn23)cc1. The van der Waals surface area contributed by atoms with Gasteiger partial charge >= 0.3 is 5.97 Å². The van der Waals surface area contributed by atoms with Crippen molar-refractivity contribution in [2.24, 2.45) is 4.99 Å². The Bertz CT molecular complexity index is 1240. The lowest BCUT2D eigenvalue weighted by molar-refractivity contribution is 0.0600. The fourth-order valence-electron chi connectivity index (χ4n) is 3.08. The number of aromatic hydroxyl groups is 1. The van der Waals surface area contributed by atoms with Crippen LogP contribution in [-0.4, -0.2) is 40.9 Å². The molecule has 2 heterocycles. The van der Waals surface area contributed by atoms with Gasteiger partial charge in [0.15, 0.2) is 17.3 Å². The second kappa shape index (κ2) is 8.08. The van der Waals surface area contributed by atoms with Crippen molar-refractivity contribution < 1.29 is 19.4 Å². The number of pyridine rings is 1. The first kappa shape index (κ1) is 19.2. The lowest BCUT2D eigenvalue weighted by Crippen LogP contribution is -2.00. The monoisotopic (exact) mass is 401 g/mol. The molecule has 150 valence electrons. The van der Waals surface area contributed by atoms with E-state index in [2.05, 4.69) is 4.99 Å². The van der Waals surface area contributed by atoms with Crippen LogP contribution in [0.1, 0.15) is 15.9 Å². The van der Waals surface area contributed by atoms with Gasteiger partial charge in [0.05, 0.1) is 19.8 Å². The molecule has 0 saturated heterocycles. The summed E-state index contributed by atoms with van der Waals surface area (Å²) >= 11 is 0. The van der Waals surface area contributed by atoms with Gasteiger partial charge in [0.2, 0.25) is 0 Å². The number of phenols is 1. The maximum absolute atomic E-state index is 11.6. The zero-order valence-corrected chi connectivity index (χ0v) is 16.4. The van der Waals surface area contributed by atoms with E-state index in [-0.39, 0.29) is 11.7 Å². The van der Waals surface area contributed by atoms with Crippen LogP contribution in [0, 0.1) is 0 Å². The number of esters is 1. The first-order chi connectivity index (χ1) is 14.6. The number of rotatable bonds is 5. The van der Waals surface area contributed by atoms with Crippen LogP contribution in [-0.2, 0) is 4.74 Å². The Labute approximate surface area is 172 Å². The van der Waals surface area contributed by atoms with Crippen LogP contribution in [0.25, 0.3) is 16.9 Å². The van der Waals surface area contributed by atoms with Crippen molar-refractivity contribution in [3.05, 3.63) is 78.0 Å². The third-order valence-electron chi connectivity index (χ3n) is 4.63. The quantitative estimate of drug-likeness (QED) is 0.399. The maximum Gasteiger partial charge on any atom is 0.337 e. The van der Waals surface area contributed by atoms with E-state index < -0.39 is 0 Å². The zero-order valence-electron chi connectivity index (χ0n) is 16.4. The highest BCUT2D eigenvalue weighted by Gasteiger charge is 2.15. The van der Waals surface area contributed by atoms with Crippen LogP contribution in [0.4, 0.5) is 5.82 Å². The van der Waals surface area contributed by atoms with Crippen molar-refractivity contribution in [1.29, 1.82) is 0 Å². The Morgan fingerprint density at radius 3 is 2.63 bits per heavy atom. The molecule has 1 N–H and O–H groups in total. The van der Waals surface area contributed by atoms with E-state index in [0.717, 1.165) is 16.8 Å². The first-order valence-electron chi connectivity index (χ1n) is 9.17. The molecule has 2 aromatic heterocycles. The molecule has 7 heteroatoms. The smallest absolute Gasteiger partial charge is 0.337 e. The standard InChI is InChI=1S/C23H19N3O4/c1-29-19-13-17(10-11-18(19)27)21-22(26-12-4-3-5-20(26)25-21)24-14-15-6-8-16(9-7-15)23(28)30-2/h3-14,27H,1-2H3/b24-14+. The minimum Gasteiger partial charge on any atom is -0.504 e. The largest absolute Gasteiger partial charge is 0.504 e. The molecule has 0 atom stereocenters. The number of hydrogen-bond acceptors (Lipinski definition) is 6. The highest BCUT2D eigenvalue weighted by Crippen LogP contribution is 2.36. The Balaban J connectivity index is 1.77. The van der Waals surface area contributed by atoms with Crippen molar-refractivity contribution in [3.63, 3.8) is 0 Å². The summed E-state index contributed by atoms with van der Waals surface area (Å²) in [6, 6.07) is 17.7. The molecule has 0 spiro atoms. The number of nitrogens with zero attached hydrogens (tertiary/aromatic N) is 3. The molecule has 0 aliphatic rings. The van der Waals surface area contributed by atoms with Gasteiger partial charge < -0.3 is 14.6 Å². The van der Waals surface area contributed by atoms with Gasteiger partial charge in [-0.25, -0.2) is 14.8 Å². The Morgan fingerprint density at radius 2 is 1.90 bits per heavy atom. The molecule has 0 amide bonds. The number of aromatic nitrogens is 2. The van der Waals surface area contributed by atoms with Crippen LogP contribution in [0.15, 0.2) is 71.9 Å². The normalized spacial score (nSPS) is 11.1. The Hall–Kier alpha value is -4.13. The van der Waals surface area contributed by atoms with E-state index in [1.807, 2.05) is 28.8 Å². The van der Waals surface area contributed by atoms with Gasteiger partial charge in [0.1, 0.15) is 11.3 Å². The van der Waals surface area contributed by atoms with Crippen LogP contribution < -0.4 is 4.74 Å². The van der Waals surface area contributed by atoms with Crippen LogP contribution in [0.3, 0.4) is 0 Å². The van der Waals surface area contributed by atoms with Gasteiger partial charge in [0.25, 0.3) is 0 Å². The molecule has 0 unspecified atom stereocenters. The number of aliphatic imine (C=N–C) groups is 1. The van der Waals surface area contributed by atoms with Gasteiger partial charge in [0, 0.05) is 18.0 Å². The summed E-state index contributed by atoms with van der Waals surface area (Å²) in [4.78, 5) is 21.0. The minimum atomic E-state index is -0.385. The lowest BCUT2D eigenvalue weighted by atomic mass is 10.1. The highest BCUT2D eigenvalue weighted by atomic mass is 16.5. The second-order valence-electron chi connectivity index (χ2n) is 6.47. The average Bonchev–Trinajstić information content (AvgIpc) is 3.16. The van der Waals surface area contributed by atoms with Crippen molar-refractivity contribution in [2.75, 3.05) is 14.2 Å². The van der Waals surface area contributed by atoms with Crippen LogP contribution in [0.2, 0.25) is 0 Å². The third kappa shape index (κ3) is 3.60. The van der Waals surface area contributed by atoms with E-state index in [4.69, 9.17) is 14.5 Å². The van der Waals surface area contributed by atoms with Crippen molar-refractivity contribution >= 4 is 23.6 Å². The fourth-order valence-corrected chi connectivity index (χ4v) is 3.08. The van der Waals surface area contributed by atoms with Gasteiger partial charge in [-0.05, 0) is 48.0 Å². The number of hydrogen-bond donors (Lipinski definition) is 1. The molecular weight excluding hydrogens is 382 g/mol. The summed E-state index contributed by atoms with van der Waals surface area (Å²) in [5, 5.41) is 9.91. The molecule has 0 bridgehead atoms.